The maximum atomic E-state index is 13.7. The van der Waals surface area contributed by atoms with Gasteiger partial charge in [-0.15, -0.1) is 0 Å². The lowest BCUT2D eigenvalue weighted by atomic mass is 10.1. The summed E-state index contributed by atoms with van der Waals surface area (Å²) < 4.78 is 0. The van der Waals surface area contributed by atoms with E-state index in [0.29, 0.717) is 23.8 Å². The summed E-state index contributed by atoms with van der Waals surface area (Å²) in [7, 11) is 0. The highest BCUT2D eigenvalue weighted by atomic mass is 35.5. The van der Waals surface area contributed by atoms with Crippen molar-refractivity contribution in [1.82, 2.24) is 9.88 Å². The SMILES string of the molecule is Cc1cccc(N2CCN(C(=O)c3[nH]c4ccccc4c3Sc3ccc(Cl)cc3)C[C@@H]2C)c1. The van der Waals surface area contributed by atoms with Gasteiger partial charge in [0, 0.05) is 52.2 Å². The van der Waals surface area contributed by atoms with E-state index in [-0.39, 0.29) is 11.9 Å². The fourth-order valence-electron chi connectivity index (χ4n) is 4.48. The molecule has 1 saturated heterocycles. The first kappa shape index (κ1) is 21.9. The van der Waals surface area contributed by atoms with Crippen molar-refractivity contribution in [2.24, 2.45) is 0 Å². The second-order valence-electron chi connectivity index (χ2n) is 8.56. The Labute approximate surface area is 203 Å². The number of H-pyrrole nitrogens is 1. The smallest absolute Gasteiger partial charge is 0.271 e. The molecule has 1 aliphatic heterocycles. The van der Waals surface area contributed by atoms with Gasteiger partial charge in [0.05, 0.1) is 4.90 Å². The average molecular weight is 476 g/mol. The fraction of sp³-hybridized carbons (Fsp3) is 0.222. The van der Waals surface area contributed by atoms with Crippen molar-refractivity contribution < 1.29 is 4.79 Å². The summed E-state index contributed by atoms with van der Waals surface area (Å²) in [4.78, 5) is 23.5. The highest BCUT2D eigenvalue weighted by Crippen LogP contribution is 2.38. The van der Waals surface area contributed by atoms with E-state index < -0.39 is 0 Å². The second-order valence-corrected chi connectivity index (χ2v) is 10.1. The number of benzene rings is 3. The number of rotatable bonds is 4. The lowest BCUT2D eigenvalue weighted by molar-refractivity contribution is 0.0718. The number of nitrogens with one attached hydrogen (secondary N) is 1. The summed E-state index contributed by atoms with van der Waals surface area (Å²) in [5.74, 6) is 0.0541. The molecule has 1 atom stereocenters. The molecule has 33 heavy (non-hydrogen) atoms. The van der Waals surface area contributed by atoms with Crippen molar-refractivity contribution in [2.45, 2.75) is 29.7 Å². The largest absolute Gasteiger partial charge is 0.365 e. The molecule has 3 aromatic carbocycles. The number of anilines is 1. The number of halogens is 1. The molecule has 1 fully saturated rings. The number of nitrogens with zero attached hydrogens (tertiary/aromatic N) is 2. The molecule has 1 aromatic heterocycles. The van der Waals surface area contributed by atoms with Crippen LogP contribution in [0.5, 0.6) is 0 Å². The van der Waals surface area contributed by atoms with E-state index in [1.54, 1.807) is 11.8 Å². The molecular weight excluding hydrogens is 450 g/mol. The van der Waals surface area contributed by atoms with Crippen LogP contribution in [0.3, 0.4) is 0 Å². The number of aryl methyl sites for hydroxylation is 1. The number of aromatic nitrogens is 1. The summed E-state index contributed by atoms with van der Waals surface area (Å²) in [6, 6.07) is 24.7. The Morgan fingerprint density at radius 2 is 1.82 bits per heavy atom. The number of carbonyl (C=O) groups excluding carboxylic acids is 1. The maximum Gasteiger partial charge on any atom is 0.271 e. The number of hydrogen-bond donors (Lipinski definition) is 1. The highest BCUT2D eigenvalue weighted by Gasteiger charge is 2.30. The molecule has 0 saturated carbocycles. The standard InChI is InChI=1S/C27H26ClN3OS/c1-18-6-5-7-21(16-18)31-15-14-30(17-19(31)2)27(32)25-26(23-8-3-4-9-24(23)29-25)33-22-12-10-20(28)11-13-22/h3-13,16,19,29H,14-15,17H2,1-2H3/t19-/m0/s1. The van der Waals surface area contributed by atoms with Gasteiger partial charge in [0.2, 0.25) is 0 Å². The Morgan fingerprint density at radius 1 is 1.03 bits per heavy atom. The van der Waals surface area contributed by atoms with Crippen LogP contribution in [-0.2, 0) is 0 Å². The Kier molecular flexibility index (Phi) is 6.09. The molecular formula is C27H26ClN3OS. The van der Waals surface area contributed by atoms with Crippen molar-refractivity contribution in [2.75, 3.05) is 24.5 Å². The van der Waals surface area contributed by atoms with Crippen molar-refractivity contribution in [3.05, 3.63) is 89.1 Å². The van der Waals surface area contributed by atoms with E-state index in [1.165, 1.54) is 11.3 Å². The van der Waals surface area contributed by atoms with Crippen LogP contribution >= 0.6 is 23.4 Å². The molecule has 2 heterocycles. The molecule has 0 spiro atoms. The first-order chi connectivity index (χ1) is 16.0. The quantitative estimate of drug-likeness (QED) is 0.360. The summed E-state index contributed by atoms with van der Waals surface area (Å²) in [6.45, 7) is 6.50. The number of aromatic amines is 1. The molecule has 1 N–H and O–H groups in total. The van der Waals surface area contributed by atoms with Gasteiger partial charge >= 0.3 is 0 Å². The molecule has 0 radical (unpaired) electrons. The van der Waals surface area contributed by atoms with Gasteiger partial charge < -0.3 is 14.8 Å². The predicted molar refractivity (Wildman–Crippen MR) is 138 cm³/mol. The number of para-hydroxylation sites is 1. The van der Waals surface area contributed by atoms with Crippen molar-refractivity contribution >= 4 is 45.9 Å². The summed E-state index contributed by atoms with van der Waals surface area (Å²) in [5, 5.41) is 1.77. The zero-order valence-corrected chi connectivity index (χ0v) is 20.3. The molecule has 0 bridgehead atoms. The Balaban J connectivity index is 1.42. The van der Waals surface area contributed by atoms with Crippen LogP contribution < -0.4 is 4.90 Å². The van der Waals surface area contributed by atoms with Gasteiger partial charge in [-0.25, -0.2) is 0 Å². The Morgan fingerprint density at radius 3 is 2.58 bits per heavy atom. The maximum absolute atomic E-state index is 13.7. The lowest BCUT2D eigenvalue weighted by Crippen LogP contribution is -2.54. The van der Waals surface area contributed by atoms with Crippen molar-refractivity contribution in [3.63, 3.8) is 0 Å². The minimum absolute atomic E-state index is 0.0541. The zero-order chi connectivity index (χ0) is 22.9. The third-order valence-corrected chi connectivity index (χ3v) is 7.54. The molecule has 5 rings (SSSR count). The predicted octanol–water partition coefficient (Wildman–Crippen LogP) is 6.63. The third-order valence-electron chi connectivity index (χ3n) is 6.15. The van der Waals surface area contributed by atoms with Gasteiger partial charge in [-0.3, -0.25) is 4.79 Å². The van der Waals surface area contributed by atoms with Crippen molar-refractivity contribution in [1.29, 1.82) is 0 Å². The van der Waals surface area contributed by atoms with Gasteiger partial charge in [-0.05, 0) is 61.9 Å². The Hall–Kier alpha value is -2.89. The van der Waals surface area contributed by atoms with E-state index in [9.17, 15) is 4.79 Å². The molecule has 4 aromatic rings. The zero-order valence-electron chi connectivity index (χ0n) is 18.7. The molecule has 4 nitrogen and oxygen atoms in total. The van der Waals surface area contributed by atoms with Gasteiger partial charge in [0.15, 0.2) is 0 Å². The highest BCUT2D eigenvalue weighted by molar-refractivity contribution is 7.99. The van der Waals surface area contributed by atoms with E-state index in [0.717, 1.165) is 27.2 Å². The molecule has 6 heteroatoms. The topological polar surface area (TPSA) is 39.3 Å². The van der Waals surface area contributed by atoms with Crippen LogP contribution in [0.4, 0.5) is 5.69 Å². The van der Waals surface area contributed by atoms with Crippen LogP contribution in [0.25, 0.3) is 10.9 Å². The number of amides is 1. The van der Waals surface area contributed by atoms with E-state index in [4.69, 9.17) is 11.6 Å². The molecule has 1 aliphatic rings. The van der Waals surface area contributed by atoms with Crippen LogP contribution in [0.1, 0.15) is 23.0 Å². The van der Waals surface area contributed by atoms with Gasteiger partial charge in [0.1, 0.15) is 5.69 Å². The van der Waals surface area contributed by atoms with E-state index in [1.807, 2.05) is 47.4 Å². The summed E-state index contributed by atoms with van der Waals surface area (Å²) in [5.41, 5.74) is 4.11. The fourth-order valence-corrected chi connectivity index (χ4v) is 5.65. The third kappa shape index (κ3) is 4.48. The first-order valence-corrected chi connectivity index (χ1v) is 12.4. The van der Waals surface area contributed by atoms with Gasteiger partial charge in [-0.2, -0.15) is 0 Å². The normalized spacial score (nSPS) is 16.4. The van der Waals surface area contributed by atoms with Gasteiger partial charge in [-0.1, -0.05) is 53.7 Å². The molecule has 0 aliphatic carbocycles. The van der Waals surface area contributed by atoms with E-state index >= 15 is 0 Å². The second kappa shape index (κ2) is 9.16. The summed E-state index contributed by atoms with van der Waals surface area (Å²) in [6.07, 6.45) is 0. The van der Waals surface area contributed by atoms with Gasteiger partial charge in [0.25, 0.3) is 5.91 Å². The summed E-state index contributed by atoms with van der Waals surface area (Å²) >= 11 is 7.67. The van der Waals surface area contributed by atoms with Crippen LogP contribution in [0.2, 0.25) is 5.02 Å². The average Bonchev–Trinajstić information content (AvgIpc) is 3.18. The minimum Gasteiger partial charge on any atom is -0.365 e. The minimum atomic E-state index is 0.0541. The molecule has 1 amide bonds. The number of piperazine rings is 1. The molecule has 168 valence electrons. The van der Waals surface area contributed by atoms with Crippen molar-refractivity contribution in [3.8, 4) is 0 Å². The first-order valence-electron chi connectivity index (χ1n) is 11.2. The monoisotopic (exact) mass is 475 g/mol. The number of carbonyl (C=O) groups is 1. The lowest BCUT2D eigenvalue weighted by Gasteiger charge is -2.41. The Bertz CT molecular complexity index is 1300. The van der Waals surface area contributed by atoms with Crippen LogP contribution in [-0.4, -0.2) is 41.5 Å². The van der Waals surface area contributed by atoms with E-state index in [2.05, 4.69) is 54.1 Å². The van der Waals surface area contributed by atoms with Crippen LogP contribution in [0, 0.1) is 6.92 Å². The number of fused-ring (bicyclic) bond motifs is 1. The van der Waals surface area contributed by atoms with Crippen LogP contribution in [0.15, 0.2) is 82.6 Å². The molecule has 0 unspecified atom stereocenters. The number of hydrogen-bond acceptors (Lipinski definition) is 3.